The van der Waals surface area contributed by atoms with Crippen LogP contribution in [0.4, 0.5) is 5.69 Å². The van der Waals surface area contributed by atoms with E-state index in [4.69, 9.17) is 0 Å². The van der Waals surface area contributed by atoms with Crippen molar-refractivity contribution in [3.63, 3.8) is 0 Å². The first-order valence-electron chi connectivity index (χ1n) is 9.48. The Morgan fingerprint density at radius 3 is 2.63 bits per heavy atom. The molecule has 0 fully saturated rings. The van der Waals surface area contributed by atoms with Crippen molar-refractivity contribution in [1.82, 2.24) is 15.1 Å². The maximum atomic E-state index is 12.4. The molecule has 152 valence electrons. The molecule has 0 saturated carbocycles. The smallest absolute Gasteiger partial charge is 0.326 e. The number of rotatable bonds is 6. The highest BCUT2D eigenvalue weighted by atomic mass is 16.5. The van der Waals surface area contributed by atoms with Gasteiger partial charge in [0.05, 0.1) is 12.3 Å². The van der Waals surface area contributed by atoms with Gasteiger partial charge in [-0.25, -0.2) is 9.80 Å². The number of hydrogen-bond donors (Lipinski definition) is 2. The Labute approximate surface area is 171 Å². The number of aromatic nitrogens is 2. The second-order valence-electron chi connectivity index (χ2n) is 6.75. The van der Waals surface area contributed by atoms with E-state index in [2.05, 4.69) is 25.1 Å². The van der Waals surface area contributed by atoms with E-state index in [0.717, 1.165) is 11.3 Å². The second-order valence-corrected chi connectivity index (χ2v) is 6.75. The second kappa shape index (κ2) is 8.56. The molecule has 1 aliphatic rings. The van der Waals surface area contributed by atoms with Crippen LogP contribution in [0.3, 0.4) is 0 Å². The normalized spacial score (nSPS) is 13.2. The molecule has 3 aromatic rings. The number of carbonyl (C=O) groups is 2. The van der Waals surface area contributed by atoms with Gasteiger partial charge in [0.25, 0.3) is 0 Å². The molecule has 30 heavy (non-hydrogen) atoms. The van der Waals surface area contributed by atoms with Crippen molar-refractivity contribution in [2.24, 2.45) is 5.10 Å². The van der Waals surface area contributed by atoms with Crippen LogP contribution in [0, 0.1) is 0 Å². The Balaban J connectivity index is 1.31. The zero-order chi connectivity index (χ0) is 20.9. The van der Waals surface area contributed by atoms with E-state index < -0.39 is 5.76 Å². The predicted octanol–water partition coefficient (Wildman–Crippen LogP) is 2.39. The summed E-state index contributed by atoms with van der Waals surface area (Å²) in [5.74, 6) is -0.865. The molecule has 2 heterocycles. The molecule has 9 heteroatoms. The Morgan fingerprint density at radius 1 is 1.07 bits per heavy atom. The van der Waals surface area contributed by atoms with Gasteiger partial charge in [0.15, 0.2) is 5.82 Å². The number of nitrogens with zero attached hydrogens (tertiary/aromatic N) is 3. The molecule has 0 aliphatic carbocycles. The molecular formula is C21H19N5O4. The Morgan fingerprint density at radius 2 is 1.87 bits per heavy atom. The van der Waals surface area contributed by atoms with Gasteiger partial charge in [-0.15, -0.1) is 0 Å². The number of H-pyrrole nitrogens is 1. The molecule has 0 unspecified atom stereocenters. The van der Waals surface area contributed by atoms with Crippen LogP contribution in [0.1, 0.15) is 24.8 Å². The van der Waals surface area contributed by atoms with Gasteiger partial charge in [-0.1, -0.05) is 47.6 Å². The SMILES string of the molecule is O=C(CCC(=O)N1CCC(c2ccccc2)=N1)Nc1cccc(-c2noc(=O)[nH]2)c1. The molecule has 9 nitrogen and oxygen atoms in total. The minimum atomic E-state index is -0.655. The number of amides is 2. The number of hydrazone groups is 1. The average Bonchev–Trinajstić information content (AvgIpc) is 3.42. The molecule has 4 rings (SSSR count). The van der Waals surface area contributed by atoms with E-state index >= 15 is 0 Å². The van der Waals surface area contributed by atoms with Gasteiger partial charge in [-0.2, -0.15) is 5.10 Å². The molecule has 2 amide bonds. The van der Waals surface area contributed by atoms with Crippen LogP contribution >= 0.6 is 0 Å². The minimum Gasteiger partial charge on any atom is -0.326 e. The number of benzene rings is 2. The number of nitrogens with one attached hydrogen (secondary N) is 2. The first-order valence-corrected chi connectivity index (χ1v) is 9.48. The molecule has 2 aromatic carbocycles. The van der Waals surface area contributed by atoms with Crippen molar-refractivity contribution in [1.29, 1.82) is 0 Å². The molecule has 0 spiro atoms. The van der Waals surface area contributed by atoms with Crippen LogP contribution in [0.5, 0.6) is 0 Å². The Kier molecular flexibility index (Phi) is 5.51. The molecule has 1 aliphatic heterocycles. The molecule has 0 atom stereocenters. The summed E-state index contributed by atoms with van der Waals surface area (Å²) in [6.07, 6.45) is 0.795. The summed E-state index contributed by atoms with van der Waals surface area (Å²) in [7, 11) is 0. The summed E-state index contributed by atoms with van der Waals surface area (Å²) in [5, 5.41) is 12.2. The van der Waals surface area contributed by atoms with Crippen LogP contribution in [-0.2, 0) is 9.59 Å². The minimum absolute atomic E-state index is 0.0382. The van der Waals surface area contributed by atoms with Gasteiger partial charge < -0.3 is 5.32 Å². The van der Waals surface area contributed by atoms with Crippen molar-refractivity contribution in [2.75, 3.05) is 11.9 Å². The topological polar surface area (TPSA) is 121 Å². The predicted molar refractivity (Wildman–Crippen MR) is 110 cm³/mol. The van der Waals surface area contributed by atoms with Crippen molar-refractivity contribution in [3.05, 3.63) is 70.7 Å². The summed E-state index contributed by atoms with van der Waals surface area (Å²) < 4.78 is 4.49. The summed E-state index contributed by atoms with van der Waals surface area (Å²) in [6.45, 7) is 0.516. The summed E-state index contributed by atoms with van der Waals surface area (Å²) >= 11 is 0. The lowest BCUT2D eigenvalue weighted by atomic mass is 10.1. The average molecular weight is 405 g/mol. The van der Waals surface area contributed by atoms with Crippen LogP contribution < -0.4 is 11.1 Å². The summed E-state index contributed by atoms with van der Waals surface area (Å²) in [4.78, 5) is 38.2. The molecule has 1 aromatic heterocycles. The lowest BCUT2D eigenvalue weighted by Crippen LogP contribution is -2.25. The van der Waals surface area contributed by atoms with Crippen molar-refractivity contribution in [2.45, 2.75) is 19.3 Å². The molecular weight excluding hydrogens is 386 g/mol. The van der Waals surface area contributed by atoms with Crippen molar-refractivity contribution >= 4 is 23.2 Å². The lowest BCUT2D eigenvalue weighted by molar-refractivity contribution is -0.132. The van der Waals surface area contributed by atoms with Gasteiger partial charge in [0.2, 0.25) is 11.8 Å². The highest BCUT2D eigenvalue weighted by Gasteiger charge is 2.22. The number of aromatic amines is 1. The monoisotopic (exact) mass is 405 g/mol. The Bertz CT molecular complexity index is 1150. The third-order valence-corrected chi connectivity index (χ3v) is 4.62. The summed E-state index contributed by atoms with van der Waals surface area (Å²) in [5.41, 5.74) is 2.99. The maximum Gasteiger partial charge on any atom is 0.439 e. The maximum absolute atomic E-state index is 12.4. The molecule has 0 saturated heterocycles. The summed E-state index contributed by atoms with van der Waals surface area (Å²) in [6, 6.07) is 16.5. The standard InChI is InChI=1S/C21H19N5O4/c27-18(22-16-8-4-7-15(13-16)20-23-21(29)30-25-20)9-10-19(28)26-12-11-17(24-26)14-5-2-1-3-6-14/h1-8,13H,9-12H2,(H,22,27)(H,23,25,29). The number of hydrogen-bond acceptors (Lipinski definition) is 6. The van der Waals surface area contributed by atoms with E-state index in [9.17, 15) is 14.4 Å². The molecule has 2 N–H and O–H groups in total. The fraction of sp³-hybridized carbons (Fsp3) is 0.190. The molecule has 0 bridgehead atoms. The van der Waals surface area contributed by atoms with Gasteiger partial charge in [-0.05, 0) is 17.7 Å². The third kappa shape index (κ3) is 4.52. The lowest BCUT2D eigenvalue weighted by Gasteiger charge is -2.11. The van der Waals surface area contributed by atoms with Crippen LogP contribution in [-0.4, -0.2) is 39.2 Å². The van der Waals surface area contributed by atoms with Gasteiger partial charge >= 0.3 is 5.76 Å². The zero-order valence-corrected chi connectivity index (χ0v) is 16.0. The zero-order valence-electron chi connectivity index (χ0n) is 16.0. The number of carbonyl (C=O) groups excluding carboxylic acids is 2. The quantitative estimate of drug-likeness (QED) is 0.652. The van der Waals surface area contributed by atoms with Gasteiger partial charge in [0, 0.05) is 30.5 Å². The first kappa shape index (κ1) is 19.3. The highest BCUT2D eigenvalue weighted by Crippen LogP contribution is 2.19. The van der Waals surface area contributed by atoms with Gasteiger partial charge in [-0.3, -0.25) is 19.1 Å². The third-order valence-electron chi connectivity index (χ3n) is 4.62. The fourth-order valence-corrected chi connectivity index (χ4v) is 3.14. The van der Waals surface area contributed by atoms with Gasteiger partial charge in [0.1, 0.15) is 0 Å². The van der Waals surface area contributed by atoms with E-state index in [0.29, 0.717) is 24.2 Å². The fourth-order valence-electron chi connectivity index (χ4n) is 3.14. The van der Waals surface area contributed by atoms with Crippen molar-refractivity contribution in [3.8, 4) is 11.4 Å². The molecule has 0 radical (unpaired) electrons. The van der Waals surface area contributed by atoms with E-state index in [-0.39, 0.29) is 30.5 Å². The largest absolute Gasteiger partial charge is 0.439 e. The van der Waals surface area contributed by atoms with E-state index in [1.54, 1.807) is 24.3 Å². The number of anilines is 1. The van der Waals surface area contributed by atoms with Crippen molar-refractivity contribution < 1.29 is 14.1 Å². The first-order chi connectivity index (χ1) is 14.6. The highest BCUT2D eigenvalue weighted by molar-refractivity contribution is 6.02. The van der Waals surface area contributed by atoms with Crippen LogP contribution in [0.2, 0.25) is 0 Å². The van der Waals surface area contributed by atoms with Crippen LogP contribution in [0.25, 0.3) is 11.4 Å². The van der Waals surface area contributed by atoms with E-state index in [1.807, 2.05) is 30.3 Å². The van der Waals surface area contributed by atoms with Crippen LogP contribution in [0.15, 0.2) is 69.0 Å². The van der Waals surface area contributed by atoms with E-state index in [1.165, 1.54) is 5.01 Å². The Hall–Kier alpha value is -4.01.